The topological polar surface area (TPSA) is 148 Å². The quantitative estimate of drug-likeness (QED) is 0.613. The van der Waals surface area contributed by atoms with Crippen molar-refractivity contribution in [1.29, 1.82) is 5.26 Å². The number of piperidine rings is 1. The van der Waals surface area contributed by atoms with Crippen molar-refractivity contribution >= 4 is 11.8 Å². The van der Waals surface area contributed by atoms with Crippen molar-refractivity contribution < 1.29 is 9.59 Å². The molecule has 34 heavy (non-hydrogen) atoms. The summed E-state index contributed by atoms with van der Waals surface area (Å²) in [6.45, 7) is 3.07. The highest BCUT2D eigenvalue weighted by atomic mass is 16.2. The second-order valence-corrected chi connectivity index (χ2v) is 9.94. The molecule has 1 unspecified atom stereocenters. The van der Waals surface area contributed by atoms with Crippen LogP contribution in [0.1, 0.15) is 37.8 Å². The molecule has 0 spiro atoms. The molecule has 1 aromatic carbocycles. The SMILES string of the molecule is C[C@@H](c1cccc(-c2nn[nH]n2)c1)N1C(=O)[C@H]2CC1CN2C[C@H](N)C(=O)N1[C@H](C#N)C[C@@H]2C[C@@H]21. The van der Waals surface area contributed by atoms with Gasteiger partial charge in [-0.05, 0) is 48.9 Å². The molecule has 4 heterocycles. The maximum atomic E-state index is 13.3. The summed E-state index contributed by atoms with van der Waals surface area (Å²) >= 11 is 0. The lowest BCUT2D eigenvalue weighted by Crippen LogP contribution is -2.57. The Kier molecular flexibility index (Phi) is 4.89. The van der Waals surface area contributed by atoms with E-state index in [9.17, 15) is 14.9 Å². The molecule has 3 aliphatic heterocycles. The minimum Gasteiger partial charge on any atom is -0.330 e. The van der Waals surface area contributed by atoms with Crippen LogP contribution in [0, 0.1) is 17.2 Å². The number of tetrazole rings is 1. The summed E-state index contributed by atoms with van der Waals surface area (Å²) in [5.74, 6) is 0.892. The molecule has 7 atom stereocenters. The van der Waals surface area contributed by atoms with Crippen LogP contribution in [0.3, 0.4) is 0 Å². The van der Waals surface area contributed by atoms with Gasteiger partial charge in [-0.1, -0.05) is 18.2 Å². The number of nitriles is 1. The molecule has 2 amide bonds. The van der Waals surface area contributed by atoms with Gasteiger partial charge in [0.05, 0.1) is 24.2 Å². The zero-order valence-electron chi connectivity index (χ0n) is 18.9. The maximum Gasteiger partial charge on any atom is 0.242 e. The lowest BCUT2D eigenvalue weighted by molar-refractivity contribution is -0.141. The Bertz CT molecular complexity index is 1160. The van der Waals surface area contributed by atoms with E-state index < -0.39 is 6.04 Å². The van der Waals surface area contributed by atoms with Gasteiger partial charge in [0.25, 0.3) is 0 Å². The van der Waals surface area contributed by atoms with Gasteiger partial charge < -0.3 is 15.5 Å². The first-order valence-electron chi connectivity index (χ1n) is 11.8. The fourth-order valence-electron chi connectivity index (χ4n) is 6.19. The number of H-pyrrole nitrogens is 1. The first-order chi connectivity index (χ1) is 16.5. The Morgan fingerprint density at radius 2 is 2.21 bits per heavy atom. The Morgan fingerprint density at radius 1 is 1.35 bits per heavy atom. The summed E-state index contributed by atoms with van der Waals surface area (Å²) in [6, 6.07) is 8.92. The number of aromatic amines is 1. The third-order valence-electron chi connectivity index (χ3n) is 7.96. The van der Waals surface area contributed by atoms with Crippen molar-refractivity contribution in [2.75, 3.05) is 13.1 Å². The molecule has 6 rings (SSSR count). The Balaban J connectivity index is 1.12. The Hall–Kier alpha value is -3.36. The molecule has 4 fully saturated rings. The fraction of sp³-hybridized carbons (Fsp3) is 0.565. The van der Waals surface area contributed by atoms with Crippen molar-refractivity contribution in [3.05, 3.63) is 29.8 Å². The van der Waals surface area contributed by atoms with Crippen LogP contribution in [-0.2, 0) is 9.59 Å². The molecule has 2 bridgehead atoms. The molecule has 1 aliphatic carbocycles. The van der Waals surface area contributed by atoms with Gasteiger partial charge in [-0.2, -0.15) is 10.5 Å². The number of nitrogens with zero attached hydrogens (tertiary/aromatic N) is 7. The standard InChI is InChI=1S/C23H27N9O2/c1-12(13-3-2-4-14(5-13)21-26-28-29-27-21)31-17-8-20(23(31)34)30(10-17)11-18(25)22(33)32-16(9-24)6-15-7-19(15)32/h2-5,12,15-20H,6-8,10-11,25H2,1H3,(H,26,27,28,29)/t12-,15+,16-,17?,18-,19-,20+/m0/s1. The number of nitrogens with two attached hydrogens (primary N) is 1. The molecule has 1 saturated carbocycles. The molecule has 0 radical (unpaired) electrons. The van der Waals surface area contributed by atoms with E-state index in [4.69, 9.17) is 5.73 Å². The fourth-order valence-corrected chi connectivity index (χ4v) is 6.19. The number of piperazine rings is 1. The van der Waals surface area contributed by atoms with Crippen molar-refractivity contribution in [2.45, 2.75) is 62.4 Å². The molecule has 11 heteroatoms. The number of carbonyl (C=O) groups is 2. The third-order valence-corrected chi connectivity index (χ3v) is 7.96. The number of nitrogens with one attached hydrogen (secondary N) is 1. The van der Waals surface area contributed by atoms with Crippen LogP contribution in [0.5, 0.6) is 0 Å². The van der Waals surface area contributed by atoms with Gasteiger partial charge in [-0.15, -0.1) is 10.2 Å². The van der Waals surface area contributed by atoms with Crippen LogP contribution >= 0.6 is 0 Å². The van der Waals surface area contributed by atoms with E-state index >= 15 is 0 Å². The zero-order valence-corrected chi connectivity index (χ0v) is 18.9. The van der Waals surface area contributed by atoms with E-state index in [1.54, 1.807) is 4.90 Å². The van der Waals surface area contributed by atoms with Gasteiger partial charge in [0.2, 0.25) is 17.6 Å². The summed E-state index contributed by atoms with van der Waals surface area (Å²) in [7, 11) is 0. The van der Waals surface area contributed by atoms with Crippen molar-refractivity contribution in [3.63, 3.8) is 0 Å². The molecule has 176 valence electrons. The maximum absolute atomic E-state index is 13.3. The zero-order chi connectivity index (χ0) is 23.6. The minimum absolute atomic E-state index is 0.0756. The van der Waals surface area contributed by atoms with Crippen molar-refractivity contribution in [2.24, 2.45) is 11.7 Å². The molecular weight excluding hydrogens is 434 g/mol. The number of fused-ring (bicyclic) bond motifs is 3. The highest BCUT2D eigenvalue weighted by Gasteiger charge is 2.56. The van der Waals surface area contributed by atoms with Crippen LogP contribution < -0.4 is 5.73 Å². The highest BCUT2D eigenvalue weighted by Crippen LogP contribution is 2.48. The number of hydrogen-bond donors (Lipinski definition) is 2. The number of benzene rings is 1. The Labute approximate surface area is 196 Å². The number of aromatic nitrogens is 4. The molecule has 4 aliphatic rings. The van der Waals surface area contributed by atoms with E-state index in [2.05, 4.69) is 31.6 Å². The summed E-state index contributed by atoms with van der Waals surface area (Å²) in [4.78, 5) is 32.1. The van der Waals surface area contributed by atoms with Crippen LogP contribution in [0.15, 0.2) is 24.3 Å². The van der Waals surface area contributed by atoms with E-state index in [1.165, 1.54) is 0 Å². The molecule has 3 saturated heterocycles. The van der Waals surface area contributed by atoms with Gasteiger partial charge in [0, 0.05) is 30.7 Å². The van der Waals surface area contributed by atoms with Crippen LogP contribution in [0.2, 0.25) is 0 Å². The normalized spacial score (nSPS) is 31.4. The average Bonchev–Trinajstić information content (AvgIpc) is 3.28. The van der Waals surface area contributed by atoms with Gasteiger partial charge in [0.1, 0.15) is 6.04 Å². The smallest absolute Gasteiger partial charge is 0.242 e. The number of hydrogen-bond acceptors (Lipinski definition) is 8. The predicted octanol–water partition coefficient (Wildman–Crippen LogP) is 0.0531. The van der Waals surface area contributed by atoms with Crippen LogP contribution in [-0.4, -0.2) is 90.4 Å². The van der Waals surface area contributed by atoms with Crippen LogP contribution in [0.4, 0.5) is 0 Å². The summed E-state index contributed by atoms with van der Waals surface area (Å²) < 4.78 is 0. The Morgan fingerprint density at radius 3 is 2.94 bits per heavy atom. The van der Waals surface area contributed by atoms with E-state index in [0.29, 0.717) is 24.8 Å². The number of carbonyl (C=O) groups excluding carboxylic acids is 2. The summed E-state index contributed by atoms with van der Waals surface area (Å²) in [6.07, 6.45) is 2.47. The minimum atomic E-state index is -0.722. The third kappa shape index (κ3) is 3.28. The second kappa shape index (κ2) is 7.85. The summed E-state index contributed by atoms with van der Waals surface area (Å²) in [5.41, 5.74) is 8.17. The van der Waals surface area contributed by atoms with E-state index in [0.717, 1.165) is 30.4 Å². The number of rotatable bonds is 6. The van der Waals surface area contributed by atoms with Crippen molar-refractivity contribution in [3.8, 4) is 17.5 Å². The first kappa shape index (κ1) is 21.2. The van der Waals surface area contributed by atoms with Gasteiger partial charge in [-0.25, -0.2) is 0 Å². The van der Waals surface area contributed by atoms with Gasteiger partial charge in [0.15, 0.2) is 0 Å². The second-order valence-electron chi connectivity index (χ2n) is 9.94. The summed E-state index contributed by atoms with van der Waals surface area (Å²) in [5, 5.41) is 23.6. The van der Waals surface area contributed by atoms with Gasteiger partial charge in [-0.3, -0.25) is 14.5 Å². The molecular formula is C23H27N9O2. The van der Waals surface area contributed by atoms with Crippen LogP contribution in [0.25, 0.3) is 11.4 Å². The monoisotopic (exact) mass is 461 g/mol. The molecule has 11 nitrogen and oxygen atoms in total. The lowest BCUT2D eigenvalue weighted by atomic mass is 10.0. The highest BCUT2D eigenvalue weighted by molar-refractivity contribution is 5.87. The largest absolute Gasteiger partial charge is 0.330 e. The molecule has 1 aromatic heterocycles. The first-order valence-corrected chi connectivity index (χ1v) is 11.8. The number of likely N-dealkylation sites (tertiary alicyclic amines) is 3. The molecule has 2 aromatic rings. The average molecular weight is 462 g/mol. The number of amides is 2. The molecule has 3 N–H and O–H groups in total. The van der Waals surface area contributed by atoms with E-state index in [1.807, 2.05) is 36.1 Å². The van der Waals surface area contributed by atoms with Crippen molar-refractivity contribution in [1.82, 2.24) is 35.3 Å². The van der Waals surface area contributed by atoms with E-state index in [-0.39, 0.29) is 42.0 Å². The van der Waals surface area contributed by atoms with Gasteiger partial charge >= 0.3 is 0 Å². The predicted molar refractivity (Wildman–Crippen MR) is 119 cm³/mol. The lowest BCUT2D eigenvalue weighted by Gasteiger charge is -2.38.